The minimum absolute atomic E-state index is 0.00440. The van der Waals surface area contributed by atoms with Gasteiger partial charge in [-0.15, -0.1) is 25.2 Å². The van der Waals surface area contributed by atoms with Gasteiger partial charge in [0.05, 0.1) is 31.9 Å². The molecule has 14 nitrogen and oxygen atoms in total. The molecule has 1 heterocycles. The third kappa shape index (κ3) is 19.8. The molecule has 0 bridgehead atoms. The summed E-state index contributed by atoms with van der Waals surface area (Å²) in [6.45, 7) is 1.48. The summed E-state index contributed by atoms with van der Waals surface area (Å²) < 4.78 is 39.1. The largest absolute Gasteiger partial charge is 0.345 e. The van der Waals surface area contributed by atoms with E-state index >= 15 is 0 Å². The van der Waals surface area contributed by atoms with E-state index in [2.05, 4.69) is 28.4 Å². The standard InChI is InChI=1S/C28H46N5O9P3/c1-4-7-8-26(34)9-20-43(37,38)23-31-14-16-32(24-44(39,40)21-10-27(35)29-12-5-2)18-19-33(17-15-31)25-45(41,42)22-11-28(36)30-13-6-3/h1-3H,7-25H2,(H,29,35)(H,30,36)(H,37,38)(H,39,40)(H,41,42). The number of hydrogen-bond donors (Lipinski definition) is 5. The van der Waals surface area contributed by atoms with Gasteiger partial charge in [-0.05, 0) is 0 Å². The predicted octanol–water partition coefficient (Wildman–Crippen LogP) is 0.241. The maximum atomic E-state index is 13.0. The molecule has 0 aliphatic carbocycles. The van der Waals surface area contributed by atoms with Crippen molar-refractivity contribution in [2.75, 3.05) is 89.7 Å². The average molecular weight is 690 g/mol. The van der Waals surface area contributed by atoms with Crippen LogP contribution in [0.25, 0.3) is 0 Å². The highest BCUT2D eigenvalue weighted by atomic mass is 31.2. The van der Waals surface area contributed by atoms with Crippen LogP contribution < -0.4 is 10.6 Å². The first-order valence-electron chi connectivity index (χ1n) is 14.6. The summed E-state index contributed by atoms with van der Waals surface area (Å²) in [5.41, 5.74) is 0. The highest BCUT2D eigenvalue weighted by Gasteiger charge is 2.30. The van der Waals surface area contributed by atoms with E-state index in [4.69, 9.17) is 19.3 Å². The van der Waals surface area contributed by atoms with Crippen molar-refractivity contribution in [1.29, 1.82) is 0 Å². The summed E-state index contributed by atoms with van der Waals surface area (Å²) in [6, 6.07) is 0. The Labute approximate surface area is 266 Å². The normalized spacial score (nSPS) is 19.0. The van der Waals surface area contributed by atoms with Crippen LogP contribution in [0, 0.1) is 37.0 Å². The molecule has 0 spiro atoms. The molecule has 1 rings (SSSR count). The zero-order chi connectivity index (χ0) is 33.9. The maximum absolute atomic E-state index is 13.0. The average Bonchev–Trinajstić information content (AvgIpc) is 3.05. The van der Waals surface area contributed by atoms with Gasteiger partial charge < -0.3 is 25.3 Å². The number of ketones is 1. The molecule has 1 saturated heterocycles. The van der Waals surface area contributed by atoms with Gasteiger partial charge in [0.1, 0.15) is 5.78 Å². The van der Waals surface area contributed by atoms with Crippen LogP contribution in [0.4, 0.5) is 0 Å². The van der Waals surface area contributed by atoms with E-state index in [9.17, 15) is 42.8 Å². The Morgan fingerprint density at radius 3 is 1.22 bits per heavy atom. The molecule has 5 N–H and O–H groups in total. The molecule has 0 aromatic rings. The smallest absolute Gasteiger partial charge is 0.221 e. The van der Waals surface area contributed by atoms with Gasteiger partial charge in [-0.3, -0.25) is 42.8 Å². The molecule has 1 aliphatic heterocycles. The zero-order valence-corrected chi connectivity index (χ0v) is 28.3. The molecular formula is C28H46N5O9P3. The van der Waals surface area contributed by atoms with Crippen LogP contribution in [0.1, 0.15) is 32.1 Å². The fourth-order valence-corrected chi connectivity index (χ4v) is 9.27. The molecular weight excluding hydrogens is 643 g/mol. The second-order valence-electron chi connectivity index (χ2n) is 10.9. The summed E-state index contributed by atoms with van der Waals surface area (Å²) in [6.07, 6.45) is 13.8. The van der Waals surface area contributed by atoms with Gasteiger partial charge in [0.15, 0.2) is 0 Å². The lowest BCUT2D eigenvalue weighted by molar-refractivity contribution is -0.121. The Bertz CT molecular complexity index is 1110. The first-order valence-corrected chi connectivity index (χ1v) is 20.6. The lowest BCUT2D eigenvalue weighted by Gasteiger charge is -2.28. The van der Waals surface area contributed by atoms with Crippen LogP contribution in [0.2, 0.25) is 0 Å². The Morgan fingerprint density at radius 2 is 0.911 bits per heavy atom. The fourth-order valence-electron chi connectivity index (χ4n) is 4.42. The minimum Gasteiger partial charge on any atom is -0.345 e. The van der Waals surface area contributed by atoms with Crippen LogP contribution in [0.5, 0.6) is 0 Å². The highest BCUT2D eigenvalue weighted by molar-refractivity contribution is 7.58. The molecule has 1 aliphatic rings. The molecule has 3 atom stereocenters. The van der Waals surface area contributed by atoms with E-state index < -0.39 is 33.9 Å². The van der Waals surface area contributed by atoms with E-state index in [1.165, 1.54) is 0 Å². The fraction of sp³-hybridized carbons (Fsp3) is 0.679. The number of hydrogen-bond acceptors (Lipinski definition) is 9. The van der Waals surface area contributed by atoms with Crippen molar-refractivity contribution in [2.24, 2.45) is 0 Å². The molecule has 3 unspecified atom stereocenters. The molecule has 1 fully saturated rings. The number of carbonyl (C=O) groups is 3. The van der Waals surface area contributed by atoms with Gasteiger partial charge in [-0.1, -0.05) is 11.8 Å². The zero-order valence-electron chi connectivity index (χ0n) is 25.6. The summed E-state index contributed by atoms with van der Waals surface area (Å²) in [5, 5.41) is 4.89. The number of Topliss-reactive ketones (excluding diaryl/α,β-unsaturated/α-hetero) is 1. The predicted molar refractivity (Wildman–Crippen MR) is 174 cm³/mol. The van der Waals surface area contributed by atoms with Gasteiger partial charge in [0.25, 0.3) is 0 Å². The number of nitrogens with zero attached hydrogens (tertiary/aromatic N) is 3. The van der Waals surface area contributed by atoms with Gasteiger partial charge in [-0.2, -0.15) is 0 Å². The molecule has 0 aromatic heterocycles. The van der Waals surface area contributed by atoms with Crippen molar-refractivity contribution < 1.29 is 42.8 Å². The Balaban J connectivity index is 3.00. The number of nitrogens with one attached hydrogen (secondary N) is 2. The van der Waals surface area contributed by atoms with Crippen molar-refractivity contribution in [2.45, 2.75) is 32.1 Å². The second-order valence-corrected chi connectivity index (χ2v) is 18.2. The van der Waals surface area contributed by atoms with E-state index in [0.29, 0.717) is 0 Å². The number of terminal acetylenes is 3. The lowest BCUT2D eigenvalue weighted by Crippen LogP contribution is -2.37. The molecule has 2 amide bonds. The molecule has 0 radical (unpaired) electrons. The molecule has 252 valence electrons. The Morgan fingerprint density at radius 1 is 0.578 bits per heavy atom. The third-order valence-corrected chi connectivity index (χ3v) is 12.2. The van der Waals surface area contributed by atoms with Crippen LogP contribution in [-0.2, 0) is 28.1 Å². The monoisotopic (exact) mass is 689 g/mol. The third-order valence-electron chi connectivity index (χ3n) is 6.90. The van der Waals surface area contributed by atoms with Crippen LogP contribution >= 0.6 is 22.1 Å². The van der Waals surface area contributed by atoms with E-state index in [1.54, 1.807) is 14.7 Å². The number of amides is 2. The quantitative estimate of drug-likeness (QED) is 0.0917. The molecule has 0 saturated carbocycles. The van der Waals surface area contributed by atoms with Crippen LogP contribution in [0.3, 0.4) is 0 Å². The number of carbonyl (C=O) groups excluding carboxylic acids is 3. The van der Waals surface area contributed by atoms with Gasteiger partial charge in [0.2, 0.25) is 33.9 Å². The van der Waals surface area contributed by atoms with Crippen molar-refractivity contribution in [1.82, 2.24) is 25.3 Å². The van der Waals surface area contributed by atoms with Gasteiger partial charge in [0, 0.05) is 89.9 Å². The minimum atomic E-state index is -3.82. The molecule has 0 aromatic carbocycles. The topological polar surface area (TPSA) is 197 Å². The van der Waals surface area contributed by atoms with Crippen molar-refractivity contribution >= 4 is 39.7 Å². The van der Waals surface area contributed by atoms with E-state index in [-0.39, 0.29) is 128 Å². The van der Waals surface area contributed by atoms with Crippen molar-refractivity contribution in [3.63, 3.8) is 0 Å². The number of rotatable bonds is 19. The van der Waals surface area contributed by atoms with Crippen molar-refractivity contribution in [3.05, 3.63) is 0 Å². The maximum Gasteiger partial charge on any atom is 0.221 e. The Kier molecular flexibility index (Phi) is 18.8. The highest BCUT2D eigenvalue weighted by Crippen LogP contribution is 2.44. The SMILES string of the molecule is C#CCCC(=O)CCP(=O)(O)CN1CCN(CP(=O)(O)CCC(=O)NCC#C)CCN(CP(=O)(O)CCC(=O)NCC#C)CC1. The van der Waals surface area contributed by atoms with Crippen LogP contribution in [-0.4, -0.2) is 137 Å². The Hall–Kier alpha value is -2.26. The molecule has 17 heteroatoms. The van der Waals surface area contributed by atoms with Crippen LogP contribution in [0.15, 0.2) is 0 Å². The summed E-state index contributed by atoms with van der Waals surface area (Å²) in [4.78, 5) is 72.9. The summed E-state index contributed by atoms with van der Waals surface area (Å²) in [7, 11) is -11.4. The first kappa shape index (κ1) is 40.8. The van der Waals surface area contributed by atoms with Crippen molar-refractivity contribution in [3.8, 4) is 37.0 Å². The van der Waals surface area contributed by atoms with E-state index in [1.807, 2.05) is 0 Å². The molecule has 45 heavy (non-hydrogen) atoms. The summed E-state index contributed by atoms with van der Waals surface area (Å²) in [5.74, 6) is 5.77. The van der Waals surface area contributed by atoms with Gasteiger partial charge in [-0.25, -0.2) is 0 Å². The first-order chi connectivity index (χ1) is 21.1. The second kappa shape index (κ2) is 20.8. The van der Waals surface area contributed by atoms with E-state index in [0.717, 1.165) is 0 Å². The van der Waals surface area contributed by atoms with Gasteiger partial charge >= 0.3 is 0 Å². The lowest BCUT2D eigenvalue weighted by atomic mass is 10.2. The summed E-state index contributed by atoms with van der Waals surface area (Å²) >= 11 is 0.